The van der Waals surface area contributed by atoms with Gasteiger partial charge in [0.1, 0.15) is 11.3 Å². The van der Waals surface area contributed by atoms with Crippen molar-refractivity contribution in [3.05, 3.63) is 74.0 Å². The number of carbonyl (C=O) groups excluding carboxylic acids is 1. The Hall–Kier alpha value is -3.95. The van der Waals surface area contributed by atoms with E-state index in [1.165, 1.54) is 6.07 Å². The largest absolute Gasteiger partial charge is 0.460 e. The lowest BCUT2D eigenvalue weighted by Gasteiger charge is -2.08. The third-order valence-electron chi connectivity index (χ3n) is 4.00. The van der Waals surface area contributed by atoms with E-state index in [2.05, 4.69) is 5.32 Å². The SMILES string of the molecule is CCOC(=O)c1oc2ccccc2c1CNc1ccc([N+](=O)[O-])cc1[N+](=O)[O-]. The number of ether oxygens (including phenoxy) is 1. The van der Waals surface area contributed by atoms with Gasteiger partial charge in [0.2, 0.25) is 5.76 Å². The number of hydrogen-bond donors (Lipinski definition) is 1. The Morgan fingerprint density at radius 1 is 1.14 bits per heavy atom. The van der Waals surface area contributed by atoms with Crippen LogP contribution < -0.4 is 5.32 Å². The van der Waals surface area contributed by atoms with Crippen molar-refractivity contribution >= 4 is 34.0 Å². The molecule has 0 radical (unpaired) electrons. The first-order valence-electron chi connectivity index (χ1n) is 8.26. The zero-order chi connectivity index (χ0) is 20.3. The minimum atomic E-state index is -0.713. The monoisotopic (exact) mass is 385 g/mol. The molecule has 3 rings (SSSR count). The molecule has 0 aliphatic heterocycles. The third kappa shape index (κ3) is 3.61. The van der Waals surface area contributed by atoms with Gasteiger partial charge in [-0.15, -0.1) is 0 Å². The second kappa shape index (κ2) is 7.74. The van der Waals surface area contributed by atoms with Crippen LogP contribution in [0.4, 0.5) is 17.1 Å². The van der Waals surface area contributed by atoms with Crippen molar-refractivity contribution in [2.75, 3.05) is 11.9 Å². The van der Waals surface area contributed by atoms with Gasteiger partial charge in [-0.1, -0.05) is 18.2 Å². The van der Waals surface area contributed by atoms with Crippen molar-refractivity contribution in [3.8, 4) is 0 Å². The Morgan fingerprint density at radius 3 is 2.57 bits per heavy atom. The van der Waals surface area contributed by atoms with Crippen molar-refractivity contribution < 1.29 is 23.8 Å². The summed E-state index contributed by atoms with van der Waals surface area (Å²) in [6.45, 7) is 1.85. The summed E-state index contributed by atoms with van der Waals surface area (Å²) in [6.07, 6.45) is 0. The average Bonchev–Trinajstić information content (AvgIpc) is 3.05. The van der Waals surface area contributed by atoms with E-state index >= 15 is 0 Å². The molecule has 0 fully saturated rings. The molecule has 0 bridgehead atoms. The van der Waals surface area contributed by atoms with Gasteiger partial charge in [0.05, 0.1) is 22.5 Å². The van der Waals surface area contributed by atoms with E-state index < -0.39 is 27.2 Å². The Balaban J connectivity index is 1.98. The number of nitro benzene ring substituents is 2. The Labute approximate surface area is 158 Å². The normalized spacial score (nSPS) is 10.6. The summed E-state index contributed by atoms with van der Waals surface area (Å²) in [5.74, 6) is -0.645. The second-order valence-electron chi connectivity index (χ2n) is 5.70. The van der Waals surface area contributed by atoms with Crippen molar-refractivity contribution in [1.29, 1.82) is 0 Å². The van der Waals surface area contributed by atoms with Crippen LogP contribution in [0.1, 0.15) is 23.0 Å². The quantitative estimate of drug-likeness (QED) is 0.365. The molecule has 144 valence electrons. The first kappa shape index (κ1) is 18.8. The number of para-hydroxylation sites is 1. The summed E-state index contributed by atoms with van der Waals surface area (Å²) >= 11 is 0. The van der Waals surface area contributed by atoms with Crippen LogP contribution in [-0.2, 0) is 11.3 Å². The first-order valence-corrected chi connectivity index (χ1v) is 8.26. The topological polar surface area (TPSA) is 138 Å². The average molecular weight is 385 g/mol. The minimum absolute atomic E-state index is 0.000106. The molecular formula is C18H15N3O7. The molecule has 3 aromatic rings. The molecular weight excluding hydrogens is 370 g/mol. The fourth-order valence-electron chi connectivity index (χ4n) is 2.75. The molecule has 0 aliphatic rings. The predicted octanol–water partition coefficient (Wildman–Crippen LogP) is 4.04. The van der Waals surface area contributed by atoms with Gasteiger partial charge in [0.25, 0.3) is 11.4 Å². The number of nitrogens with zero attached hydrogens (tertiary/aromatic N) is 2. The van der Waals surface area contributed by atoms with Gasteiger partial charge in [0.15, 0.2) is 0 Å². The highest BCUT2D eigenvalue weighted by atomic mass is 16.6. The van der Waals surface area contributed by atoms with Gasteiger partial charge in [0, 0.05) is 23.6 Å². The Kier molecular flexibility index (Phi) is 5.21. The van der Waals surface area contributed by atoms with Gasteiger partial charge < -0.3 is 14.5 Å². The molecule has 0 amide bonds. The fraction of sp³-hybridized carbons (Fsp3) is 0.167. The number of carbonyl (C=O) groups is 1. The lowest BCUT2D eigenvalue weighted by atomic mass is 10.1. The van der Waals surface area contributed by atoms with E-state index in [0.717, 1.165) is 12.1 Å². The van der Waals surface area contributed by atoms with Crippen LogP contribution in [0.2, 0.25) is 0 Å². The molecule has 0 spiro atoms. The summed E-state index contributed by atoms with van der Waals surface area (Å²) in [7, 11) is 0. The highest BCUT2D eigenvalue weighted by Crippen LogP contribution is 2.31. The van der Waals surface area contributed by atoms with Crippen LogP contribution in [0.25, 0.3) is 11.0 Å². The zero-order valence-electron chi connectivity index (χ0n) is 14.7. The highest BCUT2D eigenvalue weighted by molar-refractivity contribution is 5.96. The molecule has 10 nitrogen and oxygen atoms in total. The van der Waals surface area contributed by atoms with Gasteiger partial charge in [-0.25, -0.2) is 4.79 Å². The van der Waals surface area contributed by atoms with E-state index in [1.807, 2.05) is 0 Å². The number of nitrogens with one attached hydrogen (secondary N) is 1. The molecule has 28 heavy (non-hydrogen) atoms. The van der Waals surface area contributed by atoms with Crippen LogP contribution in [0.15, 0.2) is 46.9 Å². The zero-order valence-corrected chi connectivity index (χ0v) is 14.7. The molecule has 1 heterocycles. The number of fused-ring (bicyclic) bond motifs is 1. The van der Waals surface area contributed by atoms with E-state index in [-0.39, 0.29) is 24.6 Å². The van der Waals surface area contributed by atoms with Crippen LogP contribution >= 0.6 is 0 Å². The molecule has 1 N–H and O–H groups in total. The number of benzene rings is 2. The maximum Gasteiger partial charge on any atom is 0.374 e. The standard InChI is InChI=1S/C18H15N3O7/c1-2-27-18(22)17-13(12-5-3-4-6-16(12)28-17)10-19-14-8-7-11(20(23)24)9-15(14)21(25)26/h3-9,19H,2,10H2,1H3. The molecule has 0 saturated carbocycles. The Morgan fingerprint density at radius 2 is 1.89 bits per heavy atom. The number of hydrogen-bond acceptors (Lipinski definition) is 8. The van der Waals surface area contributed by atoms with Crippen molar-refractivity contribution in [2.45, 2.75) is 13.5 Å². The van der Waals surface area contributed by atoms with Gasteiger partial charge in [-0.3, -0.25) is 20.2 Å². The number of esters is 1. The summed E-state index contributed by atoms with van der Waals surface area (Å²) < 4.78 is 10.6. The number of furan rings is 1. The van der Waals surface area contributed by atoms with Crippen LogP contribution in [-0.4, -0.2) is 22.4 Å². The maximum atomic E-state index is 12.2. The lowest BCUT2D eigenvalue weighted by Crippen LogP contribution is -2.09. The van der Waals surface area contributed by atoms with Gasteiger partial charge in [-0.05, 0) is 19.1 Å². The third-order valence-corrected chi connectivity index (χ3v) is 4.00. The second-order valence-corrected chi connectivity index (χ2v) is 5.70. The van der Waals surface area contributed by atoms with Crippen molar-refractivity contribution in [3.63, 3.8) is 0 Å². The summed E-state index contributed by atoms with van der Waals surface area (Å²) in [4.78, 5) is 32.9. The van der Waals surface area contributed by atoms with Crippen LogP contribution in [0, 0.1) is 20.2 Å². The molecule has 0 aliphatic carbocycles. The molecule has 0 unspecified atom stereocenters. The highest BCUT2D eigenvalue weighted by Gasteiger charge is 2.23. The predicted molar refractivity (Wildman–Crippen MR) is 99.2 cm³/mol. The molecule has 1 aromatic heterocycles. The summed E-state index contributed by atoms with van der Waals surface area (Å²) in [5, 5.41) is 25.7. The first-order chi connectivity index (χ1) is 13.4. The summed E-state index contributed by atoms with van der Waals surface area (Å²) in [6, 6.07) is 10.3. The van der Waals surface area contributed by atoms with Crippen LogP contribution in [0.5, 0.6) is 0 Å². The van der Waals surface area contributed by atoms with Crippen LogP contribution in [0.3, 0.4) is 0 Å². The molecule has 2 aromatic carbocycles. The minimum Gasteiger partial charge on any atom is -0.460 e. The van der Waals surface area contributed by atoms with E-state index in [4.69, 9.17) is 9.15 Å². The number of anilines is 1. The molecule has 0 saturated heterocycles. The van der Waals surface area contributed by atoms with E-state index in [0.29, 0.717) is 16.5 Å². The number of rotatable bonds is 7. The van der Waals surface area contributed by atoms with E-state index in [9.17, 15) is 25.0 Å². The lowest BCUT2D eigenvalue weighted by molar-refractivity contribution is -0.393. The number of nitro groups is 2. The van der Waals surface area contributed by atoms with Crippen molar-refractivity contribution in [2.24, 2.45) is 0 Å². The Bertz CT molecular complexity index is 1070. The van der Waals surface area contributed by atoms with Gasteiger partial charge >= 0.3 is 5.97 Å². The molecule has 0 atom stereocenters. The summed E-state index contributed by atoms with van der Waals surface area (Å²) in [5.41, 5.74) is 0.191. The van der Waals surface area contributed by atoms with Gasteiger partial charge in [-0.2, -0.15) is 0 Å². The number of non-ortho nitro benzene ring substituents is 1. The van der Waals surface area contributed by atoms with Crippen molar-refractivity contribution in [1.82, 2.24) is 0 Å². The van der Waals surface area contributed by atoms with E-state index in [1.54, 1.807) is 31.2 Å². The maximum absolute atomic E-state index is 12.2. The smallest absolute Gasteiger partial charge is 0.374 e. The molecule has 10 heteroatoms. The fourth-order valence-corrected chi connectivity index (χ4v) is 2.75.